The number of carbonyl (C=O) groups excluding carboxylic acids is 1. The van der Waals surface area contributed by atoms with Crippen molar-refractivity contribution in [2.24, 2.45) is 24.3 Å². The van der Waals surface area contributed by atoms with Crippen LogP contribution in [0.25, 0.3) is 39.5 Å². The van der Waals surface area contributed by atoms with Gasteiger partial charge in [0.2, 0.25) is 0 Å². The molecule has 5 aliphatic rings. The summed E-state index contributed by atoms with van der Waals surface area (Å²) in [6.45, 7) is 1.90. The van der Waals surface area contributed by atoms with Gasteiger partial charge < -0.3 is 18.8 Å². The monoisotopic (exact) mass is 596 g/mol. The summed E-state index contributed by atoms with van der Waals surface area (Å²) in [4.78, 5) is 21.0. The van der Waals surface area contributed by atoms with Crippen molar-refractivity contribution < 1.29 is 9.53 Å². The standard InChI is InChI=1S/C39H40N4O2/c1-41-36-31(18-30(20-34(36)45-2)38(44)43-24-39-21-28(22-39)17-35(39)43)40-37(41)33-19-29-16-26(11-7-6-10-25-8-4-3-5-9-25)14-15-32(29)42(33)23-27-12-13-27/h3-5,7-9,11,14-16,18-20,27-28,35H,6,10,12-13,17,21-24H2,1-2H3/b11-7+. The zero-order valence-corrected chi connectivity index (χ0v) is 26.2. The third kappa shape index (κ3) is 4.36. The van der Waals surface area contributed by atoms with E-state index in [9.17, 15) is 4.79 Å². The average molecular weight is 597 g/mol. The summed E-state index contributed by atoms with van der Waals surface area (Å²) < 4.78 is 10.5. The van der Waals surface area contributed by atoms with Gasteiger partial charge in [0.25, 0.3) is 5.91 Å². The number of likely N-dealkylation sites (tertiary alicyclic amines) is 1. The Morgan fingerprint density at radius 3 is 2.69 bits per heavy atom. The van der Waals surface area contributed by atoms with Crippen LogP contribution in [0.5, 0.6) is 5.75 Å². The molecule has 2 bridgehead atoms. The third-order valence-corrected chi connectivity index (χ3v) is 11.2. The maximum Gasteiger partial charge on any atom is 0.254 e. The highest BCUT2D eigenvalue weighted by molar-refractivity contribution is 6.01. The van der Waals surface area contributed by atoms with E-state index < -0.39 is 0 Å². The van der Waals surface area contributed by atoms with Gasteiger partial charge in [0.1, 0.15) is 11.3 Å². The number of aryl methyl sites for hydroxylation is 2. The Labute approximate surface area is 264 Å². The Hall–Kier alpha value is -4.32. The highest BCUT2D eigenvalue weighted by Gasteiger charge is 2.67. The van der Waals surface area contributed by atoms with Crippen LogP contribution < -0.4 is 4.74 Å². The number of nitrogens with zero attached hydrogens (tertiary/aromatic N) is 4. The summed E-state index contributed by atoms with van der Waals surface area (Å²) in [6, 6.07) is 24.1. The number of carbonyl (C=O) groups is 1. The molecule has 5 fully saturated rings. The number of hydrogen-bond donors (Lipinski definition) is 0. The first-order valence-corrected chi connectivity index (χ1v) is 16.7. The molecule has 4 aliphatic carbocycles. The number of hydrogen-bond acceptors (Lipinski definition) is 3. The molecule has 10 rings (SSSR count). The Morgan fingerprint density at radius 2 is 1.91 bits per heavy atom. The van der Waals surface area contributed by atoms with Crippen molar-refractivity contribution in [3.05, 3.63) is 89.5 Å². The van der Waals surface area contributed by atoms with Crippen molar-refractivity contribution in [1.29, 1.82) is 0 Å². The second-order valence-electron chi connectivity index (χ2n) is 14.2. The molecule has 2 aromatic heterocycles. The maximum absolute atomic E-state index is 13.7. The van der Waals surface area contributed by atoms with E-state index in [1.165, 1.54) is 54.1 Å². The number of fused-ring (bicyclic) bond motifs is 2. The van der Waals surface area contributed by atoms with E-state index in [1.807, 2.05) is 12.1 Å². The normalized spacial score (nSPS) is 23.5. The number of aromatic nitrogens is 3. The molecule has 228 valence electrons. The fourth-order valence-corrected chi connectivity index (χ4v) is 8.77. The Kier molecular flexibility index (Phi) is 6.06. The summed E-state index contributed by atoms with van der Waals surface area (Å²) in [6.07, 6.45) is 13.0. The molecule has 1 unspecified atom stereocenters. The molecule has 1 atom stereocenters. The van der Waals surface area contributed by atoms with Crippen LogP contribution >= 0.6 is 0 Å². The first kappa shape index (κ1) is 27.0. The quantitative estimate of drug-likeness (QED) is 0.174. The molecule has 3 aromatic carbocycles. The SMILES string of the molecule is COc1cc(C(=O)N2CC34CC(CC23)C4)cc2nc(-c3cc4cc(/C=C/CCc5ccccc5)ccc4n3CC3CC3)n(C)c12. The molecule has 1 spiro atoms. The molecular weight excluding hydrogens is 556 g/mol. The first-order chi connectivity index (χ1) is 22.0. The highest BCUT2D eigenvalue weighted by atomic mass is 16.5. The zero-order valence-electron chi connectivity index (χ0n) is 26.2. The van der Waals surface area contributed by atoms with Crippen molar-refractivity contribution in [2.75, 3.05) is 13.7 Å². The lowest BCUT2D eigenvalue weighted by molar-refractivity contribution is -0.0552. The van der Waals surface area contributed by atoms with E-state index in [0.717, 1.165) is 54.4 Å². The highest BCUT2D eigenvalue weighted by Crippen LogP contribution is 2.66. The molecule has 6 nitrogen and oxygen atoms in total. The second-order valence-corrected chi connectivity index (χ2v) is 14.2. The second kappa shape index (κ2) is 10.1. The minimum absolute atomic E-state index is 0.123. The first-order valence-electron chi connectivity index (χ1n) is 16.7. The molecule has 45 heavy (non-hydrogen) atoms. The van der Waals surface area contributed by atoms with E-state index in [2.05, 4.69) is 87.8 Å². The lowest BCUT2D eigenvalue weighted by Crippen LogP contribution is -2.64. The number of amides is 1. The molecule has 5 aromatic rings. The van der Waals surface area contributed by atoms with E-state index >= 15 is 0 Å². The van der Waals surface area contributed by atoms with Gasteiger partial charge in [-0.2, -0.15) is 0 Å². The summed E-state index contributed by atoms with van der Waals surface area (Å²) in [7, 11) is 3.76. The molecule has 0 radical (unpaired) electrons. The number of rotatable bonds is 9. The van der Waals surface area contributed by atoms with Crippen molar-refractivity contribution in [3.63, 3.8) is 0 Å². The van der Waals surface area contributed by atoms with Gasteiger partial charge in [-0.05, 0) is 98.2 Å². The lowest BCUT2D eigenvalue weighted by Gasteiger charge is -2.56. The smallest absolute Gasteiger partial charge is 0.254 e. The van der Waals surface area contributed by atoms with Gasteiger partial charge in [-0.3, -0.25) is 4.79 Å². The van der Waals surface area contributed by atoms with Gasteiger partial charge >= 0.3 is 0 Å². The number of methoxy groups -OCH3 is 1. The zero-order chi connectivity index (χ0) is 30.3. The number of imidazole rings is 1. The van der Waals surface area contributed by atoms with Crippen LogP contribution in [-0.2, 0) is 20.0 Å². The van der Waals surface area contributed by atoms with E-state index in [-0.39, 0.29) is 5.91 Å². The van der Waals surface area contributed by atoms with Crippen LogP contribution in [0.2, 0.25) is 0 Å². The fraction of sp³-hybridized carbons (Fsp3) is 0.385. The largest absolute Gasteiger partial charge is 0.494 e. The third-order valence-electron chi connectivity index (χ3n) is 11.2. The molecule has 1 aliphatic heterocycles. The lowest BCUT2D eigenvalue weighted by atomic mass is 9.63. The van der Waals surface area contributed by atoms with Gasteiger partial charge in [0.05, 0.1) is 18.3 Å². The van der Waals surface area contributed by atoms with Gasteiger partial charge in [0, 0.05) is 48.1 Å². The number of allylic oxidation sites excluding steroid dienone is 1. The predicted molar refractivity (Wildman–Crippen MR) is 179 cm³/mol. The summed E-state index contributed by atoms with van der Waals surface area (Å²) in [5.41, 5.74) is 7.80. The number of benzene rings is 3. The van der Waals surface area contributed by atoms with Gasteiger partial charge in [0.15, 0.2) is 5.82 Å². The molecular formula is C39H40N4O2. The van der Waals surface area contributed by atoms with Crippen LogP contribution in [0.4, 0.5) is 0 Å². The topological polar surface area (TPSA) is 52.3 Å². The van der Waals surface area contributed by atoms with E-state index in [4.69, 9.17) is 9.72 Å². The Morgan fingerprint density at radius 1 is 1.07 bits per heavy atom. The van der Waals surface area contributed by atoms with Gasteiger partial charge in [-0.15, -0.1) is 0 Å². The molecule has 6 heteroatoms. The van der Waals surface area contributed by atoms with E-state index in [0.29, 0.717) is 28.7 Å². The summed E-state index contributed by atoms with van der Waals surface area (Å²) in [5.74, 6) is 3.28. The van der Waals surface area contributed by atoms with Crippen LogP contribution in [0.1, 0.15) is 60.0 Å². The van der Waals surface area contributed by atoms with Crippen LogP contribution in [0.15, 0.2) is 72.8 Å². The molecule has 4 saturated carbocycles. The fourth-order valence-electron chi connectivity index (χ4n) is 8.77. The van der Waals surface area contributed by atoms with Crippen LogP contribution in [-0.4, -0.2) is 44.6 Å². The van der Waals surface area contributed by atoms with Gasteiger partial charge in [-0.25, -0.2) is 4.98 Å². The van der Waals surface area contributed by atoms with Crippen molar-refractivity contribution in [2.45, 2.75) is 57.5 Å². The minimum Gasteiger partial charge on any atom is -0.494 e. The van der Waals surface area contributed by atoms with Crippen molar-refractivity contribution >= 4 is 33.9 Å². The predicted octanol–water partition coefficient (Wildman–Crippen LogP) is 7.88. The molecule has 1 amide bonds. The van der Waals surface area contributed by atoms with Gasteiger partial charge in [-0.1, -0.05) is 48.6 Å². The molecule has 0 N–H and O–H groups in total. The van der Waals surface area contributed by atoms with E-state index in [1.54, 1.807) is 7.11 Å². The van der Waals surface area contributed by atoms with Crippen molar-refractivity contribution in [3.8, 4) is 17.3 Å². The maximum atomic E-state index is 13.7. The number of ether oxygens (including phenoxy) is 1. The molecule has 1 saturated heterocycles. The summed E-state index contributed by atoms with van der Waals surface area (Å²) >= 11 is 0. The minimum atomic E-state index is 0.123. The summed E-state index contributed by atoms with van der Waals surface area (Å²) in [5, 5.41) is 1.23. The average Bonchev–Trinajstić information content (AvgIpc) is 3.51. The van der Waals surface area contributed by atoms with Crippen molar-refractivity contribution in [1.82, 2.24) is 19.0 Å². The van der Waals surface area contributed by atoms with Crippen LogP contribution in [0, 0.1) is 17.3 Å². The Balaban J connectivity index is 1.05. The van der Waals surface area contributed by atoms with Crippen LogP contribution in [0.3, 0.4) is 0 Å². The molecule has 3 heterocycles. The Bertz CT molecular complexity index is 1990.